The molecule has 0 amide bonds. The van der Waals surface area contributed by atoms with Gasteiger partial charge < -0.3 is 4.90 Å². The molecule has 30 heavy (non-hydrogen) atoms. The molecule has 1 atom stereocenters. The van der Waals surface area contributed by atoms with Gasteiger partial charge in [-0.05, 0) is 31.2 Å². The summed E-state index contributed by atoms with van der Waals surface area (Å²) < 4.78 is 1.93. The van der Waals surface area contributed by atoms with E-state index in [1.165, 1.54) is 41.8 Å². The largest absolute Gasteiger partial charge is 0.355 e. The van der Waals surface area contributed by atoms with Crippen LogP contribution >= 0.6 is 11.3 Å². The van der Waals surface area contributed by atoms with Gasteiger partial charge in [0.25, 0.3) is 0 Å². The molecule has 2 saturated heterocycles. The van der Waals surface area contributed by atoms with Gasteiger partial charge in [-0.2, -0.15) is 5.10 Å². The van der Waals surface area contributed by atoms with E-state index < -0.39 is 0 Å². The first kappa shape index (κ1) is 19.9. The second-order valence-corrected chi connectivity index (χ2v) is 10.8. The number of hydrogen-bond donors (Lipinski definition) is 0. The molecule has 5 rings (SSSR count). The van der Waals surface area contributed by atoms with Gasteiger partial charge >= 0.3 is 0 Å². The Kier molecular flexibility index (Phi) is 5.06. The molecule has 0 saturated carbocycles. The van der Waals surface area contributed by atoms with Crippen LogP contribution in [0.25, 0.3) is 10.2 Å². The summed E-state index contributed by atoms with van der Waals surface area (Å²) in [6.45, 7) is 11.4. The molecule has 6 nitrogen and oxygen atoms in total. The van der Waals surface area contributed by atoms with Crippen molar-refractivity contribution in [3.63, 3.8) is 0 Å². The van der Waals surface area contributed by atoms with E-state index in [1.807, 2.05) is 11.7 Å². The molecule has 0 aromatic carbocycles. The zero-order valence-corrected chi connectivity index (χ0v) is 19.3. The maximum Gasteiger partial charge on any atom is 0.140 e. The van der Waals surface area contributed by atoms with Crippen LogP contribution in [0.3, 0.4) is 0 Å². The van der Waals surface area contributed by atoms with Crippen molar-refractivity contribution in [3.8, 4) is 0 Å². The van der Waals surface area contributed by atoms with E-state index in [4.69, 9.17) is 4.98 Å². The van der Waals surface area contributed by atoms with E-state index in [9.17, 15) is 0 Å². The Morgan fingerprint density at radius 1 is 1.20 bits per heavy atom. The third-order valence-corrected chi connectivity index (χ3v) is 7.96. The molecule has 7 heteroatoms. The maximum absolute atomic E-state index is 4.70. The number of aromatic nitrogens is 4. The molecule has 0 aliphatic carbocycles. The fraction of sp³-hybridized carbons (Fsp3) is 0.609. The van der Waals surface area contributed by atoms with Crippen molar-refractivity contribution in [1.82, 2.24) is 24.6 Å². The highest BCUT2D eigenvalue weighted by molar-refractivity contribution is 7.18. The van der Waals surface area contributed by atoms with Crippen molar-refractivity contribution in [2.75, 3.05) is 31.1 Å². The average Bonchev–Trinajstić information content (AvgIpc) is 3.41. The zero-order chi connectivity index (χ0) is 20.9. The third kappa shape index (κ3) is 3.52. The molecule has 160 valence electrons. The number of thiophene rings is 1. The molecular formula is C23H32N6S. The highest BCUT2D eigenvalue weighted by Crippen LogP contribution is 2.46. The number of nitrogens with zero attached hydrogens (tertiary/aromatic N) is 6. The van der Waals surface area contributed by atoms with Crippen molar-refractivity contribution in [2.24, 2.45) is 18.4 Å². The molecule has 0 N–H and O–H groups in total. The molecule has 0 bridgehead atoms. The number of anilines is 1. The second-order valence-electron chi connectivity index (χ2n) is 9.65. The zero-order valence-electron chi connectivity index (χ0n) is 18.5. The lowest BCUT2D eigenvalue weighted by atomic mass is 9.77. The standard InChI is InChI=1S/C23H32N6S/c1-5-18-9-19-21(24-15-25-22(19)30-18)28-7-6-23(12-28)13-29(14-23)20(8-16(2)3)17-10-26-27(4)11-17/h9-11,15-16,20H,5-8,12-14H2,1-4H3/t20-/m1/s1. The molecule has 1 spiro atoms. The minimum absolute atomic E-state index is 0.401. The summed E-state index contributed by atoms with van der Waals surface area (Å²) in [4.78, 5) is 16.9. The van der Waals surface area contributed by atoms with Crippen LogP contribution in [0, 0.1) is 11.3 Å². The summed E-state index contributed by atoms with van der Waals surface area (Å²) in [7, 11) is 2.01. The first-order chi connectivity index (χ1) is 14.5. The van der Waals surface area contributed by atoms with Crippen LogP contribution in [0.2, 0.25) is 0 Å². The maximum atomic E-state index is 4.70. The summed E-state index contributed by atoms with van der Waals surface area (Å²) in [6, 6.07) is 2.78. The lowest BCUT2D eigenvalue weighted by Crippen LogP contribution is -2.58. The van der Waals surface area contributed by atoms with Crippen molar-refractivity contribution >= 4 is 27.4 Å². The number of likely N-dealkylation sites (tertiary alicyclic amines) is 1. The predicted octanol–water partition coefficient (Wildman–Crippen LogP) is 4.29. The van der Waals surface area contributed by atoms with Gasteiger partial charge in [0, 0.05) is 61.3 Å². The minimum Gasteiger partial charge on any atom is -0.355 e. The number of rotatable bonds is 6. The second kappa shape index (κ2) is 7.61. The van der Waals surface area contributed by atoms with Crippen molar-refractivity contribution in [1.29, 1.82) is 0 Å². The number of aryl methyl sites for hydroxylation is 2. The Bertz CT molecular complexity index is 1030. The van der Waals surface area contributed by atoms with Gasteiger partial charge in [-0.1, -0.05) is 20.8 Å². The van der Waals surface area contributed by atoms with Gasteiger partial charge in [-0.3, -0.25) is 9.58 Å². The lowest BCUT2D eigenvalue weighted by Gasteiger charge is -2.52. The van der Waals surface area contributed by atoms with E-state index in [0.29, 0.717) is 17.4 Å². The fourth-order valence-electron chi connectivity index (χ4n) is 5.28. The third-order valence-electron chi connectivity index (χ3n) is 6.77. The molecule has 0 radical (unpaired) electrons. The molecule has 5 heterocycles. The summed E-state index contributed by atoms with van der Waals surface area (Å²) in [6.07, 6.45) is 9.49. The van der Waals surface area contributed by atoms with E-state index in [0.717, 1.165) is 30.2 Å². The van der Waals surface area contributed by atoms with Crippen LogP contribution in [0.4, 0.5) is 5.82 Å². The molecule has 0 unspecified atom stereocenters. The molecular weight excluding hydrogens is 392 g/mol. The Hall–Kier alpha value is -1.99. The van der Waals surface area contributed by atoms with Crippen LogP contribution in [0.5, 0.6) is 0 Å². The van der Waals surface area contributed by atoms with Gasteiger partial charge in [0.05, 0.1) is 11.6 Å². The quantitative estimate of drug-likeness (QED) is 0.591. The Labute approximate surface area is 182 Å². The highest BCUT2D eigenvalue weighted by Gasteiger charge is 2.50. The Morgan fingerprint density at radius 3 is 2.73 bits per heavy atom. The first-order valence-electron chi connectivity index (χ1n) is 11.2. The monoisotopic (exact) mass is 424 g/mol. The van der Waals surface area contributed by atoms with Gasteiger partial charge in [0.15, 0.2) is 0 Å². The first-order valence-corrected chi connectivity index (χ1v) is 12.0. The van der Waals surface area contributed by atoms with Gasteiger partial charge in [0.1, 0.15) is 17.0 Å². The average molecular weight is 425 g/mol. The molecule has 2 aliphatic heterocycles. The number of hydrogen-bond acceptors (Lipinski definition) is 6. The van der Waals surface area contributed by atoms with E-state index >= 15 is 0 Å². The van der Waals surface area contributed by atoms with Crippen LogP contribution in [-0.2, 0) is 13.5 Å². The van der Waals surface area contributed by atoms with Gasteiger partial charge in [0.2, 0.25) is 0 Å². The summed E-state index contributed by atoms with van der Waals surface area (Å²) in [5.74, 6) is 1.81. The van der Waals surface area contributed by atoms with Crippen molar-refractivity contribution in [3.05, 3.63) is 35.2 Å². The number of fused-ring (bicyclic) bond motifs is 1. The smallest absolute Gasteiger partial charge is 0.140 e. The van der Waals surface area contributed by atoms with Crippen LogP contribution in [0.1, 0.15) is 50.1 Å². The van der Waals surface area contributed by atoms with Crippen molar-refractivity contribution < 1.29 is 0 Å². The normalized spacial score (nSPS) is 19.8. The topological polar surface area (TPSA) is 50.1 Å². The van der Waals surface area contributed by atoms with E-state index in [-0.39, 0.29) is 0 Å². The highest BCUT2D eigenvalue weighted by atomic mass is 32.1. The van der Waals surface area contributed by atoms with Crippen LogP contribution in [0.15, 0.2) is 24.8 Å². The van der Waals surface area contributed by atoms with Gasteiger partial charge in [-0.25, -0.2) is 9.97 Å². The lowest BCUT2D eigenvalue weighted by molar-refractivity contribution is -0.0238. The van der Waals surface area contributed by atoms with Crippen LogP contribution < -0.4 is 4.90 Å². The molecule has 3 aromatic heterocycles. The van der Waals surface area contributed by atoms with Gasteiger partial charge in [-0.15, -0.1) is 11.3 Å². The van der Waals surface area contributed by atoms with Crippen molar-refractivity contribution in [2.45, 2.75) is 46.1 Å². The van der Waals surface area contributed by atoms with E-state index in [1.54, 1.807) is 17.7 Å². The minimum atomic E-state index is 0.401. The summed E-state index contributed by atoms with van der Waals surface area (Å²) >= 11 is 1.81. The molecule has 3 aromatic rings. The summed E-state index contributed by atoms with van der Waals surface area (Å²) in [5.41, 5.74) is 1.76. The van der Waals surface area contributed by atoms with Crippen LogP contribution in [-0.4, -0.2) is 50.8 Å². The summed E-state index contributed by atoms with van der Waals surface area (Å²) in [5, 5.41) is 5.67. The Morgan fingerprint density at radius 2 is 2.03 bits per heavy atom. The SMILES string of the molecule is CCc1cc2c(N3CCC4(C3)CN([C@H](CC(C)C)c3cnn(C)c3)C4)ncnc2s1. The molecule has 2 aliphatic rings. The predicted molar refractivity (Wildman–Crippen MR) is 123 cm³/mol. The molecule has 2 fully saturated rings. The van der Waals surface area contributed by atoms with E-state index in [2.05, 4.69) is 59.1 Å². The Balaban J connectivity index is 1.31. The fourth-order valence-corrected chi connectivity index (χ4v) is 6.21.